The SMILES string of the molecule is CS(=O)c1csc(Cc2nc3nc(N)[nH]c(=O)c3[nH]2)c1. The van der Waals surface area contributed by atoms with E-state index in [1.807, 2.05) is 11.4 Å². The van der Waals surface area contributed by atoms with Crippen LogP contribution in [0.15, 0.2) is 21.1 Å². The van der Waals surface area contributed by atoms with Crippen LogP contribution in [0.3, 0.4) is 0 Å². The van der Waals surface area contributed by atoms with E-state index in [0.29, 0.717) is 23.4 Å². The Bertz CT molecular complexity index is 863. The van der Waals surface area contributed by atoms with Gasteiger partial charge in [-0.2, -0.15) is 4.98 Å². The molecular formula is C11H11N5O2S2. The van der Waals surface area contributed by atoms with Gasteiger partial charge in [-0.1, -0.05) is 0 Å². The van der Waals surface area contributed by atoms with Crippen LogP contribution < -0.4 is 11.3 Å². The molecule has 3 heterocycles. The molecule has 3 aromatic rings. The largest absolute Gasteiger partial charge is 0.369 e. The van der Waals surface area contributed by atoms with Crippen LogP contribution in [0, 0.1) is 0 Å². The summed E-state index contributed by atoms with van der Waals surface area (Å²) >= 11 is 1.51. The van der Waals surface area contributed by atoms with Gasteiger partial charge in [0, 0.05) is 27.8 Å². The van der Waals surface area contributed by atoms with Crippen LogP contribution >= 0.6 is 11.3 Å². The Kier molecular flexibility index (Phi) is 3.14. The molecule has 1 atom stereocenters. The third-order valence-electron chi connectivity index (χ3n) is 2.73. The number of imidazole rings is 1. The molecule has 0 aliphatic rings. The number of rotatable bonds is 3. The summed E-state index contributed by atoms with van der Waals surface area (Å²) in [7, 11) is -0.992. The molecule has 0 aliphatic heterocycles. The topological polar surface area (TPSA) is 118 Å². The van der Waals surface area contributed by atoms with E-state index in [1.54, 1.807) is 6.26 Å². The fraction of sp³-hybridized carbons (Fsp3) is 0.182. The first-order valence-corrected chi connectivity index (χ1v) is 8.12. The van der Waals surface area contributed by atoms with Gasteiger partial charge in [-0.3, -0.25) is 14.0 Å². The average molecular weight is 309 g/mol. The fourth-order valence-corrected chi connectivity index (χ4v) is 3.64. The van der Waals surface area contributed by atoms with Crippen molar-refractivity contribution in [1.29, 1.82) is 0 Å². The molecule has 7 nitrogen and oxygen atoms in total. The zero-order valence-electron chi connectivity index (χ0n) is 10.5. The minimum absolute atomic E-state index is 0.0420. The molecule has 0 aromatic carbocycles. The molecule has 20 heavy (non-hydrogen) atoms. The van der Waals surface area contributed by atoms with Crippen LogP contribution in [0.1, 0.15) is 10.7 Å². The molecule has 0 saturated heterocycles. The van der Waals surface area contributed by atoms with Gasteiger partial charge in [0.25, 0.3) is 5.56 Å². The first kappa shape index (κ1) is 13.0. The molecule has 1 unspecified atom stereocenters. The lowest BCUT2D eigenvalue weighted by atomic mass is 10.3. The zero-order chi connectivity index (χ0) is 14.3. The summed E-state index contributed by atoms with van der Waals surface area (Å²) in [6.07, 6.45) is 2.16. The lowest BCUT2D eigenvalue weighted by molar-refractivity contribution is 0.687. The van der Waals surface area contributed by atoms with Gasteiger partial charge in [-0.05, 0) is 6.07 Å². The summed E-state index contributed by atoms with van der Waals surface area (Å²) in [5, 5.41) is 1.86. The second-order valence-electron chi connectivity index (χ2n) is 4.21. The van der Waals surface area contributed by atoms with Crippen LogP contribution in [-0.2, 0) is 17.2 Å². The molecule has 0 saturated carbocycles. The highest BCUT2D eigenvalue weighted by Gasteiger charge is 2.11. The Labute approximate surface area is 119 Å². The molecule has 0 bridgehead atoms. The molecule has 3 aromatic heterocycles. The number of H-pyrrole nitrogens is 2. The van der Waals surface area contributed by atoms with Gasteiger partial charge in [0.1, 0.15) is 5.82 Å². The second kappa shape index (κ2) is 4.84. The highest BCUT2D eigenvalue weighted by atomic mass is 32.2. The number of hydrogen-bond donors (Lipinski definition) is 3. The molecule has 104 valence electrons. The van der Waals surface area contributed by atoms with Crippen molar-refractivity contribution in [3.63, 3.8) is 0 Å². The summed E-state index contributed by atoms with van der Waals surface area (Å²) in [5.41, 5.74) is 5.74. The predicted molar refractivity (Wildman–Crippen MR) is 78.4 cm³/mol. The quantitative estimate of drug-likeness (QED) is 0.655. The van der Waals surface area contributed by atoms with Crippen LogP contribution in [0.5, 0.6) is 0 Å². The number of thiophene rings is 1. The van der Waals surface area contributed by atoms with Crippen LogP contribution in [0.2, 0.25) is 0 Å². The molecular weight excluding hydrogens is 298 g/mol. The van der Waals surface area contributed by atoms with Crippen molar-refractivity contribution in [2.24, 2.45) is 0 Å². The number of hydrogen-bond acceptors (Lipinski definition) is 6. The maximum absolute atomic E-state index is 11.7. The molecule has 4 N–H and O–H groups in total. The Morgan fingerprint density at radius 3 is 2.90 bits per heavy atom. The number of nitrogens with zero attached hydrogens (tertiary/aromatic N) is 2. The van der Waals surface area contributed by atoms with E-state index < -0.39 is 10.8 Å². The van der Waals surface area contributed by atoms with Gasteiger partial charge in [0.05, 0.1) is 10.8 Å². The maximum Gasteiger partial charge on any atom is 0.278 e. The Balaban J connectivity index is 1.96. The first-order valence-electron chi connectivity index (χ1n) is 5.68. The fourth-order valence-electron chi connectivity index (χ4n) is 1.82. The summed E-state index contributed by atoms with van der Waals surface area (Å²) in [6, 6.07) is 1.87. The Morgan fingerprint density at radius 2 is 2.20 bits per heavy atom. The minimum atomic E-state index is -0.992. The number of nitrogens with one attached hydrogen (secondary N) is 2. The van der Waals surface area contributed by atoms with Crippen molar-refractivity contribution in [2.45, 2.75) is 11.3 Å². The summed E-state index contributed by atoms with van der Waals surface area (Å²) in [6.45, 7) is 0. The molecule has 0 spiro atoms. The Morgan fingerprint density at radius 1 is 1.40 bits per heavy atom. The molecule has 0 amide bonds. The summed E-state index contributed by atoms with van der Waals surface area (Å²) < 4.78 is 11.4. The molecule has 0 radical (unpaired) electrons. The van der Waals surface area contributed by atoms with Crippen LogP contribution in [0.25, 0.3) is 11.2 Å². The van der Waals surface area contributed by atoms with Crippen molar-refractivity contribution < 1.29 is 4.21 Å². The lowest BCUT2D eigenvalue weighted by Gasteiger charge is -1.91. The zero-order valence-corrected chi connectivity index (χ0v) is 12.1. The highest BCUT2D eigenvalue weighted by Crippen LogP contribution is 2.20. The predicted octanol–water partition coefficient (Wildman–Crippen LogP) is 0.618. The van der Waals surface area contributed by atoms with Crippen molar-refractivity contribution in [3.8, 4) is 0 Å². The number of aromatic nitrogens is 4. The standard InChI is InChI=1S/C11H11N5O2S2/c1-20(18)6-2-5(19-4-6)3-7-13-8-9(14-7)15-11(12)16-10(8)17/h2,4H,3H2,1H3,(H4,12,13,14,15,16,17). The van der Waals surface area contributed by atoms with Crippen LogP contribution in [-0.4, -0.2) is 30.4 Å². The minimum Gasteiger partial charge on any atom is -0.369 e. The molecule has 0 aliphatic carbocycles. The van der Waals surface area contributed by atoms with Gasteiger partial charge in [0.15, 0.2) is 11.2 Å². The van der Waals surface area contributed by atoms with E-state index in [4.69, 9.17) is 5.73 Å². The normalized spacial score (nSPS) is 12.8. The van der Waals surface area contributed by atoms with E-state index >= 15 is 0 Å². The summed E-state index contributed by atoms with van der Waals surface area (Å²) in [4.78, 5) is 27.0. The highest BCUT2D eigenvalue weighted by molar-refractivity contribution is 7.84. The molecule has 9 heteroatoms. The molecule has 0 fully saturated rings. The third kappa shape index (κ3) is 2.37. The van der Waals surface area contributed by atoms with E-state index in [2.05, 4.69) is 19.9 Å². The van der Waals surface area contributed by atoms with E-state index in [1.165, 1.54) is 11.3 Å². The lowest BCUT2D eigenvalue weighted by Crippen LogP contribution is -2.10. The Hall–Kier alpha value is -2.00. The number of nitrogen functional groups attached to an aromatic ring is 1. The van der Waals surface area contributed by atoms with Crippen LogP contribution in [0.4, 0.5) is 5.95 Å². The van der Waals surface area contributed by atoms with E-state index in [9.17, 15) is 9.00 Å². The van der Waals surface area contributed by atoms with Gasteiger partial charge < -0.3 is 10.7 Å². The van der Waals surface area contributed by atoms with Crippen molar-refractivity contribution in [3.05, 3.63) is 32.5 Å². The van der Waals surface area contributed by atoms with Crippen molar-refractivity contribution in [2.75, 3.05) is 12.0 Å². The number of nitrogens with two attached hydrogens (primary N) is 1. The number of fused-ring (bicyclic) bond motifs is 1. The smallest absolute Gasteiger partial charge is 0.278 e. The third-order valence-corrected chi connectivity index (χ3v) is 4.72. The monoisotopic (exact) mass is 309 g/mol. The number of anilines is 1. The van der Waals surface area contributed by atoms with E-state index in [-0.39, 0.29) is 11.5 Å². The van der Waals surface area contributed by atoms with Gasteiger partial charge in [-0.25, -0.2) is 4.98 Å². The van der Waals surface area contributed by atoms with Gasteiger partial charge in [-0.15, -0.1) is 11.3 Å². The average Bonchev–Trinajstić information content (AvgIpc) is 2.96. The van der Waals surface area contributed by atoms with Crippen molar-refractivity contribution in [1.82, 2.24) is 19.9 Å². The summed E-state index contributed by atoms with van der Waals surface area (Å²) in [5.74, 6) is 0.666. The van der Waals surface area contributed by atoms with Gasteiger partial charge >= 0.3 is 0 Å². The first-order chi connectivity index (χ1) is 9.52. The van der Waals surface area contributed by atoms with Gasteiger partial charge in [0.2, 0.25) is 5.95 Å². The molecule has 3 rings (SSSR count). The van der Waals surface area contributed by atoms with Crippen molar-refractivity contribution >= 4 is 39.2 Å². The second-order valence-corrected chi connectivity index (χ2v) is 6.59. The number of aromatic amines is 2. The maximum atomic E-state index is 11.7. The van der Waals surface area contributed by atoms with E-state index in [0.717, 1.165) is 9.77 Å².